The van der Waals surface area contributed by atoms with Crippen molar-refractivity contribution in [2.75, 3.05) is 6.61 Å². The van der Waals surface area contributed by atoms with Crippen LogP contribution in [0.5, 0.6) is 0 Å². The van der Waals surface area contributed by atoms with E-state index in [1.165, 1.54) is 5.56 Å². The van der Waals surface area contributed by atoms with Crippen LogP contribution in [0.4, 0.5) is 0 Å². The first kappa shape index (κ1) is 10.1. The lowest BCUT2D eigenvalue weighted by Crippen LogP contribution is -2.39. The average molecular weight is 257 g/mol. The Labute approximate surface area is 91.7 Å². The Bertz CT molecular complexity index is 351. The van der Waals surface area contributed by atoms with Gasteiger partial charge in [-0.2, -0.15) is 0 Å². The van der Waals surface area contributed by atoms with E-state index < -0.39 is 5.60 Å². The zero-order valence-corrected chi connectivity index (χ0v) is 9.42. The topological polar surface area (TPSA) is 40.5 Å². The zero-order valence-electron chi connectivity index (χ0n) is 7.83. The summed E-state index contributed by atoms with van der Waals surface area (Å²) in [5.74, 6) is 0. The zero-order chi connectivity index (χ0) is 10.2. The molecule has 0 spiro atoms. The molecule has 1 aromatic rings. The van der Waals surface area contributed by atoms with Crippen LogP contribution in [0, 0.1) is 0 Å². The van der Waals surface area contributed by atoms with Gasteiger partial charge in [0, 0.05) is 10.9 Å². The van der Waals surface area contributed by atoms with Crippen molar-refractivity contribution in [2.45, 2.75) is 24.9 Å². The normalized spacial score (nSPS) is 25.9. The lowest BCUT2D eigenvalue weighted by molar-refractivity contribution is -0.0249. The minimum Gasteiger partial charge on any atom is -0.393 e. The SMILES string of the molecule is OCC1(O)CCc2cccc(Br)c2C1. The molecular weight excluding hydrogens is 244 g/mol. The molecule has 1 aromatic carbocycles. The van der Waals surface area contributed by atoms with E-state index in [1.54, 1.807) is 0 Å². The molecule has 1 atom stereocenters. The molecule has 2 rings (SSSR count). The monoisotopic (exact) mass is 256 g/mol. The van der Waals surface area contributed by atoms with Crippen molar-refractivity contribution in [1.29, 1.82) is 0 Å². The van der Waals surface area contributed by atoms with Crippen molar-refractivity contribution in [2.24, 2.45) is 0 Å². The van der Waals surface area contributed by atoms with Crippen molar-refractivity contribution >= 4 is 15.9 Å². The summed E-state index contributed by atoms with van der Waals surface area (Å²) in [6.45, 7) is -0.159. The van der Waals surface area contributed by atoms with Gasteiger partial charge in [-0.3, -0.25) is 0 Å². The number of halogens is 1. The molecule has 1 aliphatic carbocycles. The quantitative estimate of drug-likeness (QED) is 0.803. The largest absolute Gasteiger partial charge is 0.393 e. The van der Waals surface area contributed by atoms with Crippen LogP contribution in [0.25, 0.3) is 0 Å². The van der Waals surface area contributed by atoms with Crippen LogP contribution in [-0.2, 0) is 12.8 Å². The maximum atomic E-state index is 9.98. The van der Waals surface area contributed by atoms with Gasteiger partial charge in [0.15, 0.2) is 0 Å². The Balaban J connectivity index is 2.38. The summed E-state index contributed by atoms with van der Waals surface area (Å²) in [4.78, 5) is 0. The Hall–Kier alpha value is -0.380. The van der Waals surface area contributed by atoms with Gasteiger partial charge in [0.25, 0.3) is 0 Å². The highest BCUT2D eigenvalue weighted by molar-refractivity contribution is 9.10. The van der Waals surface area contributed by atoms with Gasteiger partial charge in [0.1, 0.15) is 0 Å². The van der Waals surface area contributed by atoms with Crippen LogP contribution in [0.1, 0.15) is 17.5 Å². The number of aryl methyl sites for hydroxylation is 1. The second-order valence-corrected chi connectivity index (χ2v) is 4.79. The maximum absolute atomic E-state index is 9.98. The predicted molar refractivity (Wildman–Crippen MR) is 58.2 cm³/mol. The van der Waals surface area contributed by atoms with Gasteiger partial charge in [-0.15, -0.1) is 0 Å². The summed E-state index contributed by atoms with van der Waals surface area (Å²) in [6, 6.07) is 6.06. The second kappa shape index (κ2) is 3.65. The van der Waals surface area contributed by atoms with Crippen molar-refractivity contribution in [3.63, 3.8) is 0 Å². The lowest BCUT2D eigenvalue weighted by Gasteiger charge is -2.32. The fourth-order valence-electron chi connectivity index (χ4n) is 1.96. The fourth-order valence-corrected chi connectivity index (χ4v) is 2.50. The first-order valence-electron chi connectivity index (χ1n) is 4.74. The molecule has 1 aliphatic rings. The molecule has 0 aromatic heterocycles. The Kier molecular flexibility index (Phi) is 2.64. The van der Waals surface area contributed by atoms with Crippen molar-refractivity contribution < 1.29 is 10.2 Å². The minimum absolute atomic E-state index is 0.159. The highest BCUT2D eigenvalue weighted by Crippen LogP contribution is 2.32. The Morgan fingerprint density at radius 1 is 1.43 bits per heavy atom. The van der Waals surface area contributed by atoms with Crippen molar-refractivity contribution in [3.05, 3.63) is 33.8 Å². The molecule has 0 radical (unpaired) electrons. The van der Waals surface area contributed by atoms with Crippen LogP contribution in [0.2, 0.25) is 0 Å². The number of hydrogen-bond acceptors (Lipinski definition) is 2. The molecular formula is C11H13BrO2. The van der Waals surface area contributed by atoms with E-state index in [-0.39, 0.29) is 6.61 Å². The number of fused-ring (bicyclic) bond motifs is 1. The van der Waals surface area contributed by atoms with Gasteiger partial charge in [-0.25, -0.2) is 0 Å². The van der Waals surface area contributed by atoms with E-state index in [0.29, 0.717) is 12.8 Å². The van der Waals surface area contributed by atoms with Crippen LogP contribution in [-0.4, -0.2) is 22.4 Å². The molecule has 0 aliphatic heterocycles. The molecule has 0 saturated carbocycles. The third-order valence-electron chi connectivity index (χ3n) is 2.88. The lowest BCUT2D eigenvalue weighted by atomic mass is 9.81. The number of benzene rings is 1. The van der Waals surface area contributed by atoms with Gasteiger partial charge in [0.05, 0.1) is 12.2 Å². The smallest absolute Gasteiger partial charge is 0.0921 e. The first-order valence-corrected chi connectivity index (χ1v) is 5.53. The van der Waals surface area contributed by atoms with E-state index in [9.17, 15) is 5.11 Å². The van der Waals surface area contributed by atoms with Gasteiger partial charge >= 0.3 is 0 Å². The number of rotatable bonds is 1. The highest BCUT2D eigenvalue weighted by Gasteiger charge is 2.32. The summed E-state index contributed by atoms with van der Waals surface area (Å²) in [6.07, 6.45) is 2.03. The first-order chi connectivity index (χ1) is 6.64. The second-order valence-electron chi connectivity index (χ2n) is 3.94. The summed E-state index contributed by atoms with van der Waals surface area (Å²) >= 11 is 3.47. The summed E-state index contributed by atoms with van der Waals surface area (Å²) in [5.41, 5.74) is 1.49. The van der Waals surface area contributed by atoms with Crippen molar-refractivity contribution in [3.8, 4) is 0 Å². The molecule has 0 saturated heterocycles. The summed E-state index contributed by atoms with van der Waals surface area (Å²) in [5, 5.41) is 19.1. The third-order valence-corrected chi connectivity index (χ3v) is 3.62. The van der Waals surface area contributed by atoms with E-state index >= 15 is 0 Å². The molecule has 76 valence electrons. The fraction of sp³-hybridized carbons (Fsp3) is 0.455. The molecule has 0 fully saturated rings. The summed E-state index contributed by atoms with van der Waals surface area (Å²) in [7, 11) is 0. The summed E-state index contributed by atoms with van der Waals surface area (Å²) < 4.78 is 1.03. The van der Waals surface area contributed by atoms with Gasteiger partial charge in [-0.05, 0) is 30.0 Å². The molecule has 2 nitrogen and oxygen atoms in total. The van der Waals surface area contributed by atoms with Gasteiger partial charge < -0.3 is 10.2 Å². The third kappa shape index (κ3) is 1.72. The number of aliphatic hydroxyl groups is 2. The van der Waals surface area contributed by atoms with E-state index in [2.05, 4.69) is 22.0 Å². The molecule has 0 bridgehead atoms. The van der Waals surface area contributed by atoms with Gasteiger partial charge in [0.2, 0.25) is 0 Å². The van der Waals surface area contributed by atoms with E-state index in [4.69, 9.17) is 5.11 Å². The predicted octanol–water partition coefficient (Wildman–Crippen LogP) is 1.66. The average Bonchev–Trinajstić information content (AvgIpc) is 2.20. The van der Waals surface area contributed by atoms with Crippen LogP contribution < -0.4 is 0 Å². The molecule has 0 amide bonds. The molecule has 14 heavy (non-hydrogen) atoms. The molecule has 1 unspecified atom stereocenters. The Morgan fingerprint density at radius 2 is 2.21 bits per heavy atom. The van der Waals surface area contributed by atoms with Crippen LogP contribution in [0.15, 0.2) is 22.7 Å². The Morgan fingerprint density at radius 3 is 2.93 bits per heavy atom. The molecule has 3 heteroatoms. The minimum atomic E-state index is -0.920. The van der Waals surface area contributed by atoms with Gasteiger partial charge in [-0.1, -0.05) is 28.1 Å². The maximum Gasteiger partial charge on any atom is 0.0921 e. The molecule has 2 N–H and O–H groups in total. The van der Waals surface area contributed by atoms with Crippen LogP contribution >= 0.6 is 15.9 Å². The van der Waals surface area contributed by atoms with E-state index in [1.807, 2.05) is 12.1 Å². The van der Waals surface area contributed by atoms with Crippen LogP contribution in [0.3, 0.4) is 0 Å². The van der Waals surface area contributed by atoms with Crippen molar-refractivity contribution in [1.82, 2.24) is 0 Å². The number of hydrogen-bond donors (Lipinski definition) is 2. The van der Waals surface area contributed by atoms with E-state index in [0.717, 1.165) is 16.5 Å². The standard InChI is InChI=1S/C11H13BrO2/c12-10-3-1-2-8-4-5-11(14,7-13)6-9(8)10/h1-3,13-14H,4-7H2. The molecule has 0 heterocycles. The highest BCUT2D eigenvalue weighted by atomic mass is 79.9. The number of aliphatic hydroxyl groups excluding tert-OH is 1.